The fraction of sp³-hybridized carbons (Fsp3) is 0. The lowest BCUT2D eigenvalue weighted by Gasteiger charge is -1.74. The van der Waals surface area contributed by atoms with Gasteiger partial charge in [-0.2, -0.15) is 0 Å². The van der Waals surface area contributed by atoms with Crippen LogP contribution in [-0.2, 0) is 0 Å². The summed E-state index contributed by atoms with van der Waals surface area (Å²) in [5, 5.41) is 3.37. The lowest BCUT2D eigenvalue weighted by atomic mass is 10.6. The summed E-state index contributed by atoms with van der Waals surface area (Å²) in [6, 6.07) is 0. The highest BCUT2D eigenvalue weighted by Crippen LogP contribution is 2.15. The molecule has 1 heterocycles. The highest BCUT2D eigenvalue weighted by Gasteiger charge is 1.94. The Balaban J connectivity index is 3.12. The molecule has 0 unspecified atom stereocenters. The molecule has 0 saturated heterocycles. The van der Waals surface area contributed by atoms with E-state index in [2.05, 4.69) is 25.6 Å². The molecule has 4 heteroatoms. The minimum Gasteiger partial charge on any atom is -0.394 e. The minimum absolute atomic E-state index is 0.493. The molecule has 0 fully saturated rings. The van der Waals surface area contributed by atoms with Crippen molar-refractivity contribution < 1.29 is 4.52 Å². The van der Waals surface area contributed by atoms with E-state index >= 15 is 0 Å². The van der Waals surface area contributed by atoms with Crippen LogP contribution in [0.25, 0.3) is 0 Å². The first kappa shape index (κ1) is 4.64. The molecule has 0 saturated carbocycles. The predicted molar refractivity (Wildman–Crippen MR) is 28.6 cm³/mol. The van der Waals surface area contributed by atoms with Gasteiger partial charge in [0.1, 0.15) is 5.69 Å². The van der Waals surface area contributed by atoms with Gasteiger partial charge in [-0.05, 0) is 15.9 Å². The number of hydrogen-bond donors (Lipinski definition) is 1. The number of nitrogens with two attached hydrogens (primary N) is 1. The number of aromatic nitrogens is 1. The van der Waals surface area contributed by atoms with Crippen molar-refractivity contribution in [3.05, 3.63) is 10.9 Å². The molecule has 2 N–H and O–H groups in total. The topological polar surface area (TPSA) is 52.0 Å². The van der Waals surface area contributed by atoms with Crippen molar-refractivity contribution in [2.75, 3.05) is 5.73 Å². The second-order valence-corrected chi connectivity index (χ2v) is 1.78. The summed E-state index contributed by atoms with van der Waals surface area (Å²) in [6.45, 7) is 0. The zero-order valence-corrected chi connectivity index (χ0v) is 4.97. The smallest absolute Gasteiger partial charge is 0.224 e. The molecule has 0 aliphatic rings. The van der Waals surface area contributed by atoms with Gasteiger partial charge in [0, 0.05) is 0 Å². The molecule has 0 amide bonds. The van der Waals surface area contributed by atoms with E-state index in [1.807, 2.05) is 0 Å². The van der Waals surface area contributed by atoms with Gasteiger partial charge >= 0.3 is 0 Å². The minimum atomic E-state index is 0.493. The van der Waals surface area contributed by atoms with Crippen molar-refractivity contribution in [3.63, 3.8) is 0 Å². The van der Waals surface area contributed by atoms with E-state index in [0.29, 0.717) is 10.4 Å². The maximum absolute atomic E-state index is 5.24. The first-order valence-electron chi connectivity index (χ1n) is 1.66. The summed E-state index contributed by atoms with van der Waals surface area (Å²) in [4.78, 5) is 0. The van der Waals surface area contributed by atoms with Crippen molar-refractivity contribution in [3.8, 4) is 0 Å². The fourth-order valence-electron chi connectivity index (χ4n) is 0.233. The van der Waals surface area contributed by atoms with E-state index in [-0.39, 0.29) is 0 Å². The molecular formula is C3H3BrN2O. The van der Waals surface area contributed by atoms with Crippen molar-refractivity contribution in [2.24, 2.45) is 0 Å². The molecule has 0 aliphatic heterocycles. The van der Waals surface area contributed by atoms with Crippen LogP contribution in [0.2, 0.25) is 0 Å². The maximum atomic E-state index is 5.24. The second-order valence-electron chi connectivity index (χ2n) is 1.05. The van der Waals surface area contributed by atoms with Crippen LogP contribution in [0, 0.1) is 0 Å². The van der Waals surface area contributed by atoms with Gasteiger partial charge in [0.25, 0.3) is 0 Å². The van der Waals surface area contributed by atoms with Crippen LogP contribution in [0.15, 0.2) is 15.4 Å². The van der Waals surface area contributed by atoms with Crippen LogP contribution in [0.1, 0.15) is 0 Å². The third-order valence-electron chi connectivity index (χ3n) is 0.552. The molecule has 1 aromatic rings. The summed E-state index contributed by atoms with van der Waals surface area (Å²) >= 11 is 3.01. The predicted octanol–water partition coefficient (Wildman–Crippen LogP) is 1.02. The standard InChI is InChI=1S/C3H3BrN2O/c4-3-2(5)1-6-7-3/h1H,5H2. The Bertz CT molecular complexity index is 145. The number of anilines is 1. The van der Waals surface area contributed by atoms with E-state index in [4.69, 9.17) is 5.73 Å². The largest absolute Gasteiger partial charge is 0.394 e. The summed E-state index contributed by atoms with van der Waals surface area (Å²) in [5.41, 5.74) is 5.76. The van der Waals surface area contributed by atoms with Gasteiger partial charge in [-0.25, -0.2) is 0 Å². The average molecular weight is 163 g/mol. The number of hydrogen-bond acceptors (Lipinski definition) is 3. The van der Waals surface area contributed by atoms with Gasteiger partial charge in [-0.1, -0.05) is 5.16 Å². The third kappa shape index (κ3) is 0.742. The fourth-order valence-corrected chi connectivity index (χ4v) is 0.419. The van der Waals surface area contributed by atoms with E-state index in [1.165, 1.54) is 6.20 Å². The number of rotatable bonds is 0. The number of halogens is 1. The monoisotopic (exact) mass is 162 g/mol. The molecule has 0 spiro atoms. The van der Waals surface area contributed by atoms with E-state index in [1.54, 1.807) is 0 Å². The SMILES string of the molecule is Nc1cnoc1Br. The molecule has 3 nitrogen and oxygen atoms in total. The molecule has 0 aromatic carbocycles. The highest BCUT2D eigenvalue weighted by molar-refractivity contribution is 9.10. The Kier molecular flexibility index (Phi) is 1.02. The zero-order valence-electron chi connectivity index (χ0n) is 3.39. The zero-order chi connectivity index (χ0) is 5.28. The quantitative estimate of drug-likeness (QED) is 0.620. The molecule has 0 bridgehead atoms. The van der Waals surface area contributed by atoms with Crippen molar-refractivity contribution >= 4 is 21.6 Å². The molecule has 38 valence electrons. The maximum Gasteiger partial charge on any atom is 0.224 e. The van der Waals surface area contributed by atoms with Crippen molar-refractivity contribution in [1.82, 2.24) is 5.16 Å². The van der Waals surface area contributed by atoms with Gasteiger partial charge in [0.05, 0.1) is 6.20 Å². The van der Waals surface area contributed by atoms with E-state index < -0.39 is 0 Å². The highest BCUT2D eigenvalue weighted by atomic mass is 79.9. The Morgan fingerprint density at radius 3 is 2.71 bits per heavy atom. The van der Waals surface area contributed by atoms with Crippen LogP contribution in [0.5, 0.6) is 0 Å². The van der Waals surface area contributed by atoms with Crippen molar-refractivity contribution in [2.45, 2.75) is 0 Å². The number of nitrogen functional groups attached to an aromatic ring is 1. The van der Waals surface area contributed by atoms with Crippen LogP contribution in [0.3, 0.4) is 0 Å². The first-order chi connectivity index (χ1) is 3.30. The van der Waals surface area contributed by atoms with E-state index in [9.17, 15) is 0 Å². The molecule has 7 heavy (non-hydrogen) atoms. The second kappa shape index (κ2) is 1.54. The summed E-state index contributed by atoms with van der Waals surface area (Å²) in [6.07, 6.45) is 1.43. The third-order valence-corrected chi connectivity index (χ3v) is 1.15. The molecule has 0 radical (unpaired) electrons. The van der Waals surface area contributed by atoms with Crippen LogP contribution in [0.4, 0.5) is 5.69 Å². The summed E-state index contributed by atoms with van der Waals surface area (Å²) in [7, 11) is 0. The Labute approximate surface area is 48.6 Å². The van der Waals surface area contributed by atoms with Crippen LogP contribution < -0.4 is 5.73 Å². The molecule has 0 aliphatic carbocycles. The van der Waals surface area contributed by atoms with E-state index in [0.717, 1.165) is 0 Å². The van der Waals surface area contributed by atoms with Crippen LogP contribution in [-0.4, -0.2) is 5.16 Å². The molecule has 1 aromatic heterocycles. The molecule has 1 rings (SSSR count). The Hall–Kier alpha value is -0.510. The van der Waals surface area contributed by atoms with Gasteiger partial charge in [-0.15, -0.1) is 0 Å². The normalized spacial score (nSPS) is 9.29. The van der Waals surface area contributed by atoms with Crippen molar-refractivity contribution in [1.29, 1.82) is 0 Å². The van der Waals surface area contributed by atoms with Gasteiger partial charge in [0.2, 0.25) is 4.67 Å². The van der Waals surface area contributed by atoms with Gasteiger partial charge in [-0.3, -0.25) is 0 Å². The van der Waals surface area contributed by atoms with Crippen LogP contribution >= 0.6 is 15.9 Å². The lowest BCUT2D eigenvalue weighted by molar-refractivity contribution is 0.401. The van der Waals surface area contributed by atoms with Gasteiger partial charge < -0.3 is 10.3 Å². The number of nitrogens with zero attached hydrogens (tertiary/aromatic N) is 1. The average Bonchev–Trinajstić information content (AvgIpc) is 1.91. The summed E-state index contributed by atoms with van der Waals surface area (Å²) in [5.74, 6) is 0. The Morgan fingerprint density at radius 2 is 2.57 bits per heavy atom. The lowest BCUT2D eigenvalue weighted by Crippen LogP contribution is -1.77. The molecule has 0 atom stereocenters. The summed E-state index contributed by atoms with van der Waals surface area (Å²) < 4.78 is 5.00. The molecular weight excluding hydrogens is 160 g/mol. The van der Waals surface area contributed by atoms with Gasteiger partial charge in [0.15, 0.2) is 0 Å². The first-order valence-corrected chi connectivity index (χ1v) is 2.45. The Morgan fingerprint density at radius 1 is 1.86 bits per heavy atom.